The Labute approximate surface area is 259 Å². The van der Waals surface area contributed by atoms with E-state index in [0.29, 0.717) is 69.4 Å². The van der Waals surface area contributed by atoms with Gasteiger partial charge >= 0.3 is 6.03 Å². The number of aromatic nitrogens is 2. The Morgan fingerprint density at radius 2 is 1.80 bits per heavy atom. The summed E-state index contributed by atoms with van der Waals surface area (Å²) in [5.74, 6) is 0.943. The van der Waals surface area contributed by atoms with Crippen LogP contribution in [-0.4, -0.2) is 76.4 Å². The van der Waals surface area contributed by atoms with E-state index < -0.39 is 0 Å². The first kappa shape index (κ1) is 29.6. The number of carbonyl (C=O) groups is 2. The van der Waals surface area contributed by atoms with E-state index in [2.05, 4.69) is 15.5 Å². The first-order valence-corrected chi connectivity index (χ1v) is 15.7. The average molecular weight is 617 g/mol. The van der Waals surface area contributed by atoms with Crippen molar-refractivity contribution in [3.8, 4) is 22.9 Å². The summed E-state index contributed by atoms with van der Waals surface area (Å²) in [5, 5.41) is 27.4. The van der Waals surface area contributed by atoms with E-state index in [1.807, 2.05) is 45.0 Å². The quantitative estimate of drug-likeness (QED) is 0.236. The number of benzene rings is 2. The summed E-state index contributed by atoms with van der Waals surface area (Å²) in [5.41, 5.74) is 3.47. The topological polar surface area (TPSA) is 140 Å². The van der Waals surface area contributed by atoms with Gasteiger partial charge in [-0.1, -0.05) is 13.8 Å². The molecule has 0 radical (unpaired) electrons. The first-order chi connectivity index (χ1) is 21.2. The second-order valence-corrected chi connectivity index (χ2v) is 12.4. The van der Waals surface area contributed by atoms with Gasteiger partial charge in [0.05, 0.1) is 30.7 Å². The lowest BCUT2D eigenvalue weighted by Crippen LogP contribution is -2.37. The summed E-state index contributed by atoms with van der Waals surface area (Å²) in [6.45, 7) is 9.81. The first-order valence-electron chi connectivity index (χ1n) is 14.9. The minimum atomic E-state index is -0.269. The predicted molar refractivity (Wildman–Crippen MR) is 171 cm³/mol. The van der Waals surface area contributed by atoms with Crippen molar-refractivity contribution in [2.75, 3.05) is 49.6 Å². The van der Waals surface area contributed by atoms with E-state index in [0.717, 1.165) is 32.0 Å². The number of phenols is 2. The molecule has 2 aliphatic heterocycles. The minimum absolute atomic E-state index is 0.00268. The number of rotatable bonds is 6. The fraction of sp³-hybridized carbons (Fsp3) is 0.375. The molecule has 2 aromatic heterocycles. The van der Waals surface area contributed by atoms with Crippen LogP contribution < -0.4 is 15.5 Å². The Morgan fingerprint density at radius 1 is 1.05 bits per heavy atom. The zero-order chi connectivity index (χ0) is 31.0. The molecule has 2 aliphatic rings. The van der Waals surface area contributed by atoms with Crippen LogP contribution in [0.15, 0.2) is 36.4 Å². The number of nitrogens with zero attached hydrogens (tertiary/aromatic N) is 4. The van der Waals surface area contributed by atoms with Gasteiger partial charge in [0.1, 0.15) is 22.1 Å². The van der Waals surface area contributed by atoms with Crippen molar-refractivity contribution in [1.29, 1.82) is 0 Å². The van der Waals surface area contributed by atoms with E-state index in [1.54, 1.807) is 22.3 Å². The van der Waals surface area contributed by atoms with Crippen molar-refractivity contribution < 1.29 is 24.5 Å². The molecule has 12 heteroatoms. The molecule has 4 N–H and O–H groups in total. The number of morpholine rings is 1. The molecule has 4 heterocycles. The Kier molecular flexibility index (Phi) is 8.28. The lowest BCUT2D eigenvalue weighted by molar-refractivity contribution is 0.0734. The van der Waals surface area contributed by atoms with Gasteiger partial charge in [-0.3, -0.25) is 4.79 Å². The third-order valence-corrected chi connectivity index (χ3v) is 9.13. The van der Waals surface area contributed by atoms with Gasteiger partial charge in [-0.15, -0.1) is 11.3 Å². The zero-order valence-electron chi connectivity index (χ0n) is 25.0. The number of aromatic hydroxyl groups is 2. The SMILES string of the molecule is CCNC(=O)Nc1ccc(-c2nc(N3CCOCC3)c3c4c(sc3n2)CN(C(=O)c2cc(C(C)C)c(O)cc2O)CC4)cc1. The molecule has 3 amide bonds. The highest BCUT2D eigenvalue weighted by atomic mass is 32.1. The molecule has 44 heavy (non-hydrogen) atoms. The molecule has 0 saturated carbocycles. The Balaban J connectivity index is 1.35. The summed E-state index contributed by atoms with van der Waals surface area (Å²) in [4.78, 5) is 41.5. The lowest BCUT2D eigenvalue weighted by atomic mass is 9.97. The average Bonchev–Trinajstić information content (AvgIpc) is 3.39. The molecular weight excluding hydrogens is 580 g/mol. The number of phenolic OH excluding ortho intramolecular Hbond substituents is 2. The molecule has 2 aromatic carbocycles. The van der Waals surface area contributed by atoms with E-state index in [-0.39, 0.29) is 34.9 Å². The fourth-order valence-electron chi connectivity index (χ4n) is 5.72. The van der Waals surface area contributed by atoms with Crippen LogP contribution in [0, 0.1) is 0 Å². The van der Waals surface area contributed by atoms with Crippen molar-refractivity contribution in [1.82, 2.24) is 20.2 Å². The van der Waals surface area contributed by atoms with Crippen molar-refractivity contribution >= 4 is 45.0 Å². The van der Waals surface area contributed by atoms with E-state index in [9.17, 15) is 19.8 Å². The number of ether oxygens (including phenoxy) is 1. The molecule has 4 aromatic rings. The normalized spacial score (nSPS) is 15.0. The molecule has 6 rings (SSSR count). The molecule has 1 fully saturated rings. The zero-order valence-corrected chi connectivity index (χ0v) is 25.8. The molecular formula is C32H36N6O5S. The maximum absolute atomic E-state index is 13.6. The molecule has 0 bridgehead atoms. The standard InChI is InChI=1S/C32H36N6O5S/c1-4-33-32(42)34-20-7-5-19(6-8-20)28-35-29(37-11-13-43-14-12-37)27-21-9-10-38(17-26(21)44-30(27)36-28)31(41)23-15-22(18(2)3)24(39)16-25(23)40/h5-8,15-16,18,39-40H,4,9-14,17H2,1-3H3,(H2,33,34,42). The van der Waals surface area contributed by atoms with Gasteiger partial charge in [-0.25, -0.2) is 14.8 Å². The van der Waals surface area contributed by atoms with Gasteiger partial charge in [0.25, 0.3) is 5.91 Å². The van der Waals surface area contributed by atoms with Crippen LogP contribution in [-0.2, 0) is 17.7 Å². The Morgan fingerprint density at radius 3 is 2.50 bits per heavy atom. The number of thiophene rings is 1. The van der Waals surface area contributed by atoms with Gasteiger partial charge in [0, 0.05) is 48.4 Å². The summed E-state index contributed by atoms with van der Waals surface area (Å²) in [7, 11) is 0. The number of urea groups is 1. The van der Waals surface area contributed by atoms with Gasteiger partial charge in [0.2, 0.25) is 0 Å². The number of amides is 3. The summed E-state index contributed by atoms with van der Waals surface area (Å²) < 4.78 is 5.62. The second-order valence-electron chi connectivity index (χ2n) is 11.3. The number of hydrogen-bond donors (Lipinski definition) is 4. The molecule has 0 spiro atoms. The van der Waals surface area contributed by atoms with Crippen LogP contribution in [0.5, 0.6) is 11.5 Å². The van der Waals surface area contributed by atoms with Crippen LogP contribution in [0.3, 0.4) is 0 Å². The van der Waals surface area contributed by atoms with Crippen molar-refractivity contribution in [2.24, 2.45) is 0 Å². The van der Waals surface area contributed by atoms with Gasteiger partial charge in [-0.05, 0) is 60.7 Å². The third-order valence-electron chi connectivity index (χ3n) is 8.01. The molecule has 0 atom stereocenters. The van der Waals surface area contributed by atoms with Crippen molar-refractivity contribution in [2.45, 2.75) is 39.7 Å². The second kappa shape index (κ2) is 12.3. The smallest absolute Gasteiger partial charge is 0.319 e. The number of nitrogens with one attached hydrogen (secondary N) is 2. The number of carbonyl (C=O) groups excluding carboxylic acids is 2. The van der Waals surface area contributed by atoms with Gasteiger partial charge < -0.3 is 35.4 Å². The van der Waals surface area contributed by atoms with Crippen molar-refractivity contribution in [3.05, 3.63) is 58.0 Å². The highest BCUT2D eigenvalue weighted by Gasteiger charge is 2.30. The maximum atomic E-state index is 13.6. The minimum Gasteiger partial charge on any atom is -0.508 e. The summed E-state index contributed by atoms with van der Waals surface area (Å²) in [6.07, 6.45) is 0.636. The molecule has 0 aliphatic carbocycles. The largest absolute Gasteiger partial charge is 0.508 e. The van der Waals surface area contributed by atoms with Crippen LogP contribution in [0.4, 0.5) is 16.3 Å². The van der Waals surface area contributed by atoms with Crippen molar-refractivity contribution in [3.63, 3.8) is 0 Å². The lowest BCUT2D eigenvalue weighted by Gasteiger charge is -2.30. The van der Waals surface area contributed by atoms with Crippen LogP contribution in [0.1, 0.15) is 53.1 Å². The number of hydrogen-bond acceptors (Lipinski definition) is 9. The summed E-state index contributed by atoms with van der Waals surface area (Å²) in [6, 6.07) is 10.1. The number of anilines is 2. The predicted octanol–water partition coefficient (Wildman–Crippen LogP) is 5.07. The highest BCUT2D eigenvalue weighted by molar-refractivity contribution is 7.19. The van der Waals surface area contributed by atoms with Crippen LogP contribution in [0.2, 0.25) is 0 Å². The van der Waals surface area contributed by atoms with E-state index in [4.69, 9.17) is 14.7 Å². The van der Waals surface area contributed by atoms with Gasteiger partial charge in [-0.2, -0.15) is 0 Å². The summed E-state index contributed by atoms with van der Waals surface area (Å²) >= 11 is 1.56. The van der Waals surface area contributed by atoms with E-state index in [1.165, 1.54) is 6.07 Å². The maximum Gasteiger partial charge on any atom is 0.319 e. The Hall–Kier alpha value is -4.42. The van der Waals surface area contributed by atoms with Gasteiger partial charge in [0.15, 0.2) is 5.82 Å². The highest BCUT2D eigenvalue weighted by Crippen LogP contribution is 2.41. The Bertz CT molecular complexity index is 1710. The fourth-order valence-corrected chi connectivity index (χ4v) is 6.95. The molecule has 230 valence electrons. The molecule has 1 saturated heterocycles. The van der Waals surface area contributed by atoms with E-state index >= 15 is 0 Å². The molecule has 0 unspecified atom stereocenters. The molecule has 11 nitrogen and oxygen atoms in total. The van der Waals surface area contributed by atoms with Crippen LogP contribution in [0.25, 0.3) is 21.6 Å². The monoisotopic (exact) mass is 616 g/mol. The number of fused-ring (bicyclic) bond motifs is 3. The van der Waals surface area contributed by atoms with Crippen LogP contribution >= 0.6 is 11.3 Å². The third kappa shape index (κ3) is 5.74.